The predicted octanol–water partition coefficient (Wildman–Crippen LogP) is 14.4. The molecule has 326 valence electrons. The fraction of sp³-hybridized carbons (Fsp3) is 0.938. The van der Waals surface area contributed by atoms with Crippen molar-refractivity contribution in [3.8, 4) is 0 Å². The average molecular weight is 796 g/mol. The van der Waals surface area contributed by atoms with Gasteiger partial charge in [-0.15, -0.1) is 0 Å². The van der Waals surface area contributed by atoms with E-state index in [-0.39, 0.29) is 11.9 Å². The Hall–Kier alpha value is -1.00. The number of esters is 2. The van der Waals surface area contributed by atoms with E-state index in [4.69, 9.17) is 9.47 Å². The second kappa shape index (κ2) is 41.2. The summed E-state index contributed by atoms with van der Waals surface area (Å²) in [7, 11) is 3.58. The molecule has 0 aliphatic heterocycles. The van der Waals surface area contributed by atoms with Crippen LogP contribution in [0.5, 0.6) is 0 Å². The van der Waals surface area contributed by atoms with Crippen molar-refractivity contribution in [3.05, 3.63) is 0 Å². The lowest BCUT2D eigenvalue weighted by atomic mass is 9.91. The van der Waals surface area contributed by atoms with Crippen LogP contribution in [0.1, 0.15) is 233 Å². The number of carbonyl (C=O) groups excluding carboxylic acids is 3. The number of rotatable bonds is 43. The van der Waals surface area contributed by atoms with E-state index in [9.17, 15) is 14.4 Å². The highest BCUT2D eigenvalue weighted by molar-refractivity contribution is 7.74. The molecule has 0 atom stereocenters. The van der Waals surface area contributed by atoms with Gasteiger partial charge in [-0.05, 0) is 111 Å². The number of unbranched alkanes of at least 4 members (excludes halogenated alkanes) is 14. The zero-order valence-electron chi connectivity index (χ0n) is 37.8. The third kappa shape index (κ3) is 37.0. The van der Waals surface area contributed by atoms with Crippen molar-refractivity contribution in [3.63, 3.8) is 0 Å². The van der Waals surface area contributed by atoms with Crippen molar-refractivity contribution < 1.29 is 23.9 Å². The quantitative estimate of drug-likeness (QED) is 0.0348. The van der Waals surface area contributed by atoms with Gasteiger partial charge in [-0.3, -0.25) is 14.4 Å². The fourth-order valence-electron chi connectivity index (χ4n) is 7.69. The van der Waals surface area contributed by atoms with Crippen molar-refractivity contribution in [1.82, 2.24) is 4.90 Å². The molecule has 0 aromatic carbocycles. The van der Waals surface area contributed by atoms with E-state index < -0.39 is 7.92 Å². The smallest absolute Gasteiger partial charge is 0.305 e. The van der Waals surface area contributed by atoms with E-state index in [1.54, 1.807) is 0 Å². The third-order valence-corrected chi connectivity index (χ3v) is 14.0. The first-order valence-corrected chi connectivity index (χ1v) is 25.7. The minimum absolute atomic E-state index is 0.0326. The van der Waals surface area contributed by atoms with Crippen LogP contribution in [0.25, 0.3) is 0 Å². The highest BCUT2D eigenvalue weighted by Crippen LogP contribution is 2.41. The molecule has 0 bridgehead atoms. The van der Waals surface area contributed by atoms with Gasteiger partial charge < -0.3 is 14.4 Å². The van der Waals surface area contributed by atoms with E-state index in [2.05, 4.69) is 46.7 Å². The maximum Gasteiger partial charge on any atom is 0.305 e. The number of ether oxygens (including phenoxy) is 2. The Balaban J connectivity index is 4.16. The predicted molar refractivity (Wildman–Crippen MR) is 240 cm³/mol. The normalized spacial score (nSPS) is 11.7. The molecule has 0 aliphatic rings. The summed E-state index contributed by atoms with van der Waals surface area (Å²) in [5, 5.41) is 0. The first-order valence-electron chi connectivity index (χ1n) is 24.0. The van der Waals surface area contributed by atoms with Crippen LogP contribution in [0.4, 0.5) is 0 Å². The molecule has 0 aliphatic carbocycles. The minimum Gasteiger partial charge on any atom is -0.466 e. The van der Waals surface area contributed by atoms with Gasteiger partial charge >= 0.3 is 11.9 Å². The van der Waals surface area contributed by atoms with Crippen molar-refractivity contribution in [2.75, 3.05) is 46.2 Å². The van der Waals surface area contributed by atoms with Gasteiger partial charge in [0.2, 0.25) is 0 Å². The van der Waals surface area contributed by atoms with Crippen LogP contribution in [-0.2, 0) is 23.9 Å². The van der Waals surface area contributed by atoms with Crippen LogP contribution < -0.4 is 0 Å². The standard InChI is InChI=1S/C48H94NO5P/c1-7-11-30-44(31-12-8-2)34-23-25-40-53-46(50)36-21-17-15-19-27-42-55(48(52)38-29-39-49(5)6)43-28-20-16-18-22-37-47(51)54-41-26-24-35-45(32-13-9-3)33-14-10-4/h44-45H,7-43H2,1-6H3. The number of carbonyl (C=O) groups is 3. The van der Waals surface area contributed by atoms with Crippen LogP contribution >= 0.6 is 7.92 Å². The van der Waals surface area contributed by atoms with E-state index in [0.717, 1.165) is 114 Å². The van der Waals surface area contributed by atoms with E-state index in [1.165, 1.54) is 103 Å². The van der Waals surface area contributed by atoms with Crippen molar-refractivity contribution in [2.24, 2.45) is 11.8 Å². The maximum atomic E-state index is 13.2. The summed E-state index contributed by atoms with van der Waals surface area (Å²) in [4.78, 5) is 39.9. The first-order chi connectivity index (χ1) is 26.8. The molecule has 0 aromatic rings. The minimum atomic E-state index is -0.571. The van der Waals surface area contributed by atoms with Crippen LogP contribution in [0.3, 0.4) is 0 Å². The molecule has 0 unspecified atom stereocenters. The summed E-state index contributed by atoms with van der Waals surface area (Å²) in [6, 6.07) is 0. The molecule has 7 heteroatoms. The molecule has 0 N–H and O–H groups in total. The van der Waals surface area contributed by atoms with Gasteiger partial charge in [0.25, 0.3) is 0 Å². The summed E-state index contributed by atoms with van der Waals surface area (Å²) >= 11 is 0. The fourth-order valence-corrected chi connectivity index (χ4v) is 10.1. The van der Waals surface area contributed by atoms with Gasteiger partial charge in [-0.2, -0.15) is 0 Å². The molecule has 0 radical (unpaired) electrons. The molecule has 0 rings (SSSR count). The first kappa shape index (κ1) is 54.0. The zero-order chi connectivity index (χ0) is 40.6. The SMILES string of the molecule is CCCCC(CCCC)CCCCOC(=O)CCCCCCCP(CCCCCCCC(=O)OCCCCC(CCCC)CCCC)C(=O)CCCN(C)C. The molecule has 0 fully saturated rings. The Labute approximate surface area is 344 Å². The topological polar surface area (TPSA) is 72.9 Å². The summed E-state index contributed by atoms with van der Waals surface area (Å²) in [6.45, 7) is 11.2. The molecular formula is C48H94NO5P. The van der Waals surface area contributed by atoms with Gasteiger partial charge in [0.15, 0.2) is 5.52 Å². The number of hydrogen-bond acceptors (Lipinski definition) is 6. The van der Waals surface area contributed by atoms with Gasteiger partial charge in [-0.25, -0.2) is 0 Å². The van der Waals surface area contributed by atoms with E-state index >= 15 is 0 Å². The lowest BCUT2D eigenvalue weighted by Gasteiger charge is -2.17. The Bertz CT molecular complexity index is 795. The monoisotopic (exact) mass is 796 g/mol. The lowest BCUT2D eigenvalue weighted by molar-refractivity contribution is -0.144. The van der Waals surface area contributed by atoms with Gasteiger partial charge in [0.1, 0.15) is 0 Å². The molecule has 6 nitrogen and oxygen atoms in total. The lowest BCUT2D eigenvalue weighted by Crippen LogP contribution is -2.14. The highest BCUT2D eigenvalue weighted by atomic mass is 31.1. The Kier molecular flexibility index (Phi) is 40.4. The van der Waals surface area contributed by atoms with Gasteiger partial charge in [0, 0.05) is 19.3 Å². The van der Waals surface area contributed by atoms with Gasteiger partial charge in [0.05, 0.1) is 13.2 Å². The molecule has 0 heterocycles. The highest BCUT2D eigenvalue weighted by Gasteiger charge is 2.17. The summed E-state index contributed by atoms with van der Waals surface area (Å²) in [6.07, 6.45) is 38.3. The molecule has 0 saturated heterocycles. The second-order valence-corrected chi connectivity index (χ2v) is 19.5. The van der Waals surface area contributed by atoms with Crippen LogP contribution in [0.15, 0.2) is 0 Å². The van der Waals surface area contributed by atoms with E-state index in [0.29, 0.717) is 38.0 Å². The molecule has 0 spiro atoms. The molecule has 0 saturated carbocycles. The Morgan fingerprint density at radius 3 is 1.18 bits per heavy atom. The van der Waals surface area contributed by atoms with Crippen molar-refractivity contribution in [1.29, 1.82) is 0 Å². The average Bonchev–Trinajstić information content (AvgIpc) is 3.17. The third-order valence-electron chi connectivity index (χ3n) is 11.4. The second-order valence-electron chi connectivity index (χ2n) is 17.1. The summed E-state index contributed by atoms with van der Waals surface area (Å²) in [5.41, 5.74) is 0.511. The maximum absolute atomic E-state index is 13.2. The summed E-state index contributed by atoms with van der Waals surface area (Å²) < 4.78 is 11.1. The van der Waals surface area contributed by atoms with Crippen LogP contribution in [0.2, 0.25) is 0 Å². The summed E-state index contributed by atoms with van der Waals surface area (Å²) in [5.74, 6) is 1.63. The van der Waals surface area contributed by atoms with E-state index in [1.807, 2.05) is 0 Å². The largest absolute Gasteiger partial charge is 0.466 e. The molecular weight excluding hydrogens is 702 g/mol. The van der Waals surface area contributed by atoms with Gasteiger partial charge in [-0.1, -0.05) is 156 Å². The molecule has 0 aromatic heterocycles. The van der Waals surface area contributed by atoms with Crippen LogP contribution in [-0.4, -0.2) is 68.5 Å². The molecule has 55 heavy (non-hydrogen) atoms. The van der Waals surface area contributed by atoms with Crippen molar-refractivity contribution in [2.45, 2.75) is 233 Å². The van der Waals surface area contributed by atoms with Crippen molar-refractivity contribution >= 4 is 25.4 Å². The van der Waals surface area contributed by atoms with Crippen LogP contribution in [0, 0.1) is 11.8 Å². The Morgan fingerprint density at radius 1 is 0.436 bits per heavy atom. The zero-order valence-corrected chi connectivity index (χ0v) is 38.6. The Morgan fingerprint density at radius 2 is 0.800 bits per heavy atom. The molecule has 0 amide bonds. The number of hydrogen-bond donors (Lipinski definition) is 0. The number of nitrogens with zero attached hydrogens (tertiary/aromatic N) is 1.